The van der Waals surface area contributed by atoms with Crippen LogP contribution in [0, 0.1) is 5.92 Å². The first-order chi connectivity index (χ1) is 12.8. The van der Waals surface area contributed by atoms with Gasteiger partial charge in [0.25, 0.3) is 0 Å². The standard InChI is InChI=1S/C11H14O2.C11H18O.C2H6/c1-4-9-10(8(2)12)6-5-7-11(9)13-3;1-8(10(3)12)4-5-9(2)11-6-7-11;1-2/h5-7H,4H2,1-3H3;8H,4-7H2,1-3H3;1-2H3. The second kappa shape index (κ2) is 13.3. The van der Waals surface area contributed by atoms with Gasteiger partial charge in [-0.2, -0.15) is 0 Å². The number of benzene rings is 1. The van der Waals surface area contributed by atoms with Gasteiger partial charge in [-0.1, -0.05) is 51.0 Å². The van der Waals surface area contributed by atoms with Crippen molar-refractivity contribution < 1.29 is 14.3 Å². The van der Waals surface area contributed by atoms with Gasteiger partial charge in [0.15, 0.2) is 5.78 Å². The van der Waals surface area contributed by atoms with Gasteiger partial charge in [-0.15, -0.1) is 0 Å². The van der Waals surface area contributed by atoms with Gasteiger partial charge < -0.3 is 4.74 Å². The first-order valence-electron chi connectivity index (χ1n) is 10.2. The fourth-order valence-electron chi connectivity index (χ4n) is 2.75. The summed E-state index contributed by atoms with van der Waals surface area (Å²) in [7, 11) is 1.62. The number of carbonyl (C=O) groups is 2. The minimum absolute atomic E-state index is 0.0933. The van der Waals surface area contributed by atoms with E-state index in [9.17, 15) is 9.59 Å². The number of allylic oxidation sites excluding steroid dienone is 2. The molecule has 152 valence electrons. The number of ether oxygens (including phenoxy) is 1. The summed E-state index contributed by atoms with van der Waals surface area (Å²) in [5, 5.41) is 0. The minimum atomic E-state index is 0.0933. The lowest BCUT2D eigenvalue weighted by molar-refractivity contribution is -0.120. The third-order valence-corrected chi connectivity index (χ3v) is 4.84. The Kier molecular flexibility index (Phi) is 12.4. The van der Waals surface area contributed by atoms with Crippen molar-refractivity contribution >= 4 is 11.6 Å². The second-order valence-electron chi connectivity index (χ2n) is 6.83. The predicted octanol–water partition coefficient (Wildman–Crippen LogP) is 6.59. The molecule has 0 heterocycles. The van der Waals surface area contributed by atoms with Crippen molar-refractivity contribution in [3.8, 4) is 5.75 Å². The summed E-state index contributed by atoms with van der Waals surface area (Å²) in [6.07, 6.45) is 5.58. The fourth-order valence-corrected chi connectivity index (χ4v) is 2.75. The van der Waals surface area contributed by atoms with Gasteiger partial charge in [0.1, 0.15) is 11.5 Å². The number of Topliss-reactive ketones (excluding diaryl/α,β-unsaturated/α-hetero) is 2. The molecule has 0 aliphatic heterocycles. The molecule has 0 spiro atoms. The second-order valence-corrected chi connectivity index (χ2v) is 6.83. The number of carbonyl (C=O) groups excluding carboxylic acids is 2. The average molecular weight is 375 g/mol. The smallest absolute Gasteiger partial charge is 0.160 e. The van der Waals surface area contributed by atoms with Crippen LogP contribution in [0.15, 0.2) is 29.3 Å². The molecular formula is C24H38O3. The largest absolute Gasteiger partial charge is 0.496 e. The Labute approximate surface area is 166 Å². The van der Waals surface area contributed by atoms with E-state index in [-0.39, 0.29) is 11.7 Å². The highest BCUT2D eigenvalue weighted by atomic mass is 16.5. The molecule has 1 aliphatic rings. The molecule has 1 aromatic carbocycles. The molecule has 0 bridgehead atoms. The van der Waals surface area contributed by atoms with E-state index in [0.29, 0.717) is 5.78 Å². The zero-order chi connectivity index (χ0) is 21.0. The Hall–Kier alpha value is -1.90. The summed E-state index contributed by atoms with van der Waals surface area (Å²) in [5.74, 6) is 1.47. The van der Waals surface area contributed by atoms with E-state index >= 15 is 0 Å². The van der Waals surface area contributed by atoms with Crippen molar-refractivity contribution in [1.29, 1.82) is 0 Å². The van der Waals surface area contributed by atoms with Crippen molar-refractivity contribution in [1.82, 2.24) is 0 Å². The Balaban J connectivity index is 0.000000460. The fraction of sp³-hybridized carbons (Fsp3) is 0.583. The number of hydrogen-bond donors (Lipinski definition) is 0. The Bertz CT molecular complexity index is 635. The van der Waals surface area contributed by atoms with Gasteiger partial charge >= 0.3 is 0 Å². The molecule has 1 aliphatic carbocycles. The van der Waals surface area contributed by atoms with E-state index in [2.05, 4.69) is 6.92 Å². The van der Waals surface area contributed by atoms with E-state index < -0.39 is 0 Å². The predicted molar refractivity (Wildman–Crippen MR) is 115 cm³/mol. The SMILES string of the molecule is CC.CC(=O)C(C)CCC(C)=C1CC1.CCc1c(OC)cccc1C(C)=O. The summed E-state index contributed by atoms with van der Waals surface area (Å²) >= 11 is 0. The van der Waals surface area contributed by atoms with Crippen LogP contribution in [0.3, 0.4) is 0 Å². The highest BCUT2D eigenvalue weighted by Gasteiger charge is 2.15. The third kappa shape index (κ3) is 9.03. The van der Waals surface area contributed by atoms with Crippen LogP contribution in [-0.4, -0.2) is 18.7 Å². The van der Waals surface area contributed by atoms with Crippen LogP contribution in [-0.2, 0) is 11.2 Å². The van der Waals surface area contributed by atoms with Gasteiger partial charge in [0.2, 0.25) is 0 Å². The molecule has 2 rings (SSSR count). The average Bonchev–Trinajstić information content (AvgIpc) is 3.52. The van der Waals surface area contributed by atoms with Crippen LogP contribution in [0.5, 0.6) is 5.75 Å². The van der Waals surface area contributed by atoms with E-state index in [0.717, 1.165) is 36.1 Å². The van der Waals surface area contributed by atoms with Crippen LogP contribution in [0.4, 0.5) is 0 Å². The molecule has 1 aromatic rings. The normalized spacial score (nSPS) is 12.7. The molecule has 3 heteroatoms. The van der Waals surface area contributed by atoms with Crippen LogP contribution >= 0.6 is 0 Å². The summed E-state index contributed by atoms with van der Waals surface area (Å²) in [6, 6.07) is 5.56. The van der Waals surface area contributed by atoms with E-state index in [1.807, 2.05) is 45.9 Å². The lowest BCUT2D eigenvalue weighted by Gasteiger charge is -2.09. The van der Waals surface area contributed by atoms with Crippen LogP contribution in [0.25, 0.3) is 0 Å². The third-order valence-electron chi connectivity index (χ3n) is 4.84. The van der Waals surface area contributed by atoms with Gasteiger partial charge in [-0.05, 0) is 58.9 Å². The summed E-state index contributed by atoms with van der Waals surface area (Å²) in [6.45, 7) is 13.5. The maximum Gasteiger partial charge on any atom is 0.160 e. The number of ketones is 2. The minimum Gasteiger partial charge on any atom is -0.496 e. The van der Waals surface area contributed by atoms with Gasteiger partial charge in [-0.3, -0.25) is 9.59 Å². The summed E-state index contributed by atoms with van der Waals surface area (Å²) in [5.41, 5.74) is 4.92. The van der Waals surface area contributed by atoms with Crippen LogP contribution in [0.1, 0.15) is 90.1 Å². The molecule has 1 atom stereocenters. The highest BCUT2D eigenvalue weighted by molar-refractivity contribution is 5.96. The van der Waals surface area contributed by atoms with Crippen molar-refractivity contribution in [2.24, 2.45) is 5.92 Å². The van der Waals surface area contributed by atoms with Crippen LogP contribution < -0.4 is 4.74 Å². The Morgan fingerprint density at radius 1 is 1.11 bits per heavy atom. The molecule has 27 heavy (non-hydrogen) atoms. The monoisotopic (exact) mass is 374 g/mol. The van der Waals surface area contributed by atoms with Crippen molar-refractivity contribution in [2.75, 3.05) is 7.11 Å². The van der Waals surface area contributed by atoms with Gasteiger partial charge in [0.05, 0.1) is 7.11 Å². The van der Waals surface area contributed by atoms with E-state index in [1.165, 1.54) is 18.4 Å². The van der Waals surface area contributed by atoms with Gasteiger partial charge in [0, 0.05) is 17.0 Å². The van der Waals surface area contributed by atoms with E-state index in [4.69, 9.17) is 4.74 Å². The molecule has 1 fully saturated rings. The lowest BCUT2D eigenvalue weighted by Crippen LogP contribution is -2.05. The quantitative estimate of drug-likeness (QED) is 0.399. The first kappa shape index (κ1) is 25.1. The maximum absolute atomic E-state index is 11.2. The maximum atomic E-state index is 11.2. The Morgan fingerprint density at radius 3 is 2.11 bits per heavy atom. The molecular weight excluding hydrogens is 336 g/mol. The molecule has 0 amide bonds. The lowest BCUT2D eigenvalue weighted by atomic mass is 9.98. The van der Waals surface area contributed by atoms with Crippen molar-refractivity contribution in [3.05, 3.63) is 40.5 Å². The molecule has 0 radical (unpaired) electrons. The Morgan fingerprint density at radius 2 is 1.70 bits per heavy atom. The molecule has 0 aromatic heterocycles. The molecule has 0 saturated heterocycles. The van der Waals surface area contributed by atoms with Crippen molar-refractivity contribution in [3.63, 3.8) is 0 Å². The number of methoxy groups -OCH3 is 1. The van der Waals surface area contributed by atoms with Gasteiger partial charge in [-0.25, -0.2) is 0 Å². The number of rotatable bonds is 7. The molecule has 1 unspecified atom stereocenters. The first-order valence-corrected chi connectivity index (χ1v) is 10.2. The van der Waals surface area contributed by atoms with Crippen molar-refractivity contribution in [2.45, 2.75) is 80.6 Å². The zero-order valence-electron chi connectivity index (χ0n) is 18.6. The van der Waals surface area contributed by atoms with E-state index in [1.54, 1.807) is 26.5 Å². The molecule has 3 nitrogen and oxygen atoms in total. The topological polar surface area (TPSA) is 43.4 Å². The molecule has 0 N–H and O–H groups in total. The number of hydrogen-bond acceptors (Lipinski definition) is 3. The highest BCUT2D eigenvalue weighted by Crippen LogP contribution is 2.33. The zero-order valence-corrected chi connectivity index (χ0v) is 18.6. The summed E-state index contributed by atoms with van der Waals surface area (Å²) in [4.78, 5) is 22.2. The van der Waals surface area contributed by atoms with Crippen LogP contribution in [0.2, 0.25) is 0 Å². The molecule has 1 saturated carbocycles. The summed E-state index contributed by atoms with van der Waals surface area (Å²) < 4.78 is 5.17.